The molecular formula is C12H15NO4. The van der Waals surface area contributed by atoms with Crippen LogP contribution in [-0.2, 0) is 14.4 Å². The van der Waals surface area contributed by atoms with E-state index in [4.69, 9.17) is 1.41 Å². The predicted molar refractivity (Wildman–Crippen MR) is 58.8 cm³/mol. The van der Waals surface area contributed by atoms with Gasteiger partial charge in [0.1, 0.15) is 5.78 Å². The Morgan fingerprint density at radius 1 is 1.53 bits per heavy atom. The zero-order chi connectivity index (χ0) is 13.4. The Balaban J connectivity index is 2.23. The molecule has 2 rings (SSSR count). The van der Waals surface area contributed by atoms with Crippen molar-refractivity contribution in [3.63, 3.8) is 0 Å². The molecule has 0 aromatic rings. The molecule has 0 spiro atoms. The van der Waals surface area contributed by atoms with Crippen molar-refractivity contribution in [1.82, 2.24) is 0 Å². The topological polar surface area (TPSA) is 97.5 Å². The highest BCUT2D eigenvalue weighted by atomic mass is 16.4. The van der Waals surface area contributed by atoms with E-state index in [1.807, 2.05) is 0 Å². The lowest BCUT2D eigenvalue weighted by atomic mass is 9.76. The molecule has 2 bridgehead atoms. The third kappa shape index (κ3) is 1.85. The third-order valence-electron chi connectivity index (χ3n) is 3.83. The molecule has 2 aliphatic rings. The molecular weight excluding hydrogens is 222 g/mol. The molecule has 1 fully saturated rings. The number of Topliss-reactive ketones (excluding diaryl/α,β-unsaturated/α-hetero) is 1. The van der Waals surface area contributed by atoms with Crippen molar-refractivity contribution in [2.75, 3.05) is 0 Å². The molecule has 0 radical (unpaired) electrons. The molecule has 92 valence electrons. The first-order valence-electron chi connectivity index (χ1n) is 6.10. The number of allylic oxidation sites excluding steroid dienone is 1. The first-order valence-corrected chi connectivity index (χ1v) is 5.60. The van der Waals surface area contributed by atoms with E-state index >= 15 is 0 Å². The molecule has 0 heterocycles. The number of amides is 1. The van der Waals surface area contributed by atoms with Gasteiger partial charge in [0.05, 0.1) is 5.92 Å². The van der Waals surface area contributed by atoms with E-state index in [1.54, 1.807) is 11.8 Å². The highest BCUT2D eigenvalue weighted by Gasteiger charge is 2.53. The Hall–Kier alpha value is -1.65. The number of aliphatic carboxylic acids is 1. The fourth-order valence-electron chi connectivity index (χ4n) is 3.30. The predicted octanol–water partition coefficient (Wildman–Crippen LogP) is 0.344. The van der Waals surface area contributed by atoms with E-state index in [9.17, 15) is 19.5 Å². The van der Waals surface area contributed by atoms with Crippen LogP contribution >= 0.6 is 0 Å². The summed E-state index contributed by atoms with van der Waals surface area (Å²) < 4.78 is 6.76. The van der Waals surface area contributed by atoms with Crippen LogP contribution < -0.4 is 5.73 Å². The van der Waals surface area contributed by atoms with Crippen molar-refractivity contribution in [3.05, 3.63) is 11.6 Å². The maximum absolute atomic E-state index is 11.6. The summed E-state index contributed by atoms with van der Waals surface area (Å²) in [6.07, 6.45) is 2.51. The molecule has 4 atom stereocenters. The first kappa shape index (κ1) is 10.5. The highest BCUT2D eigenvalue weighted by molar-refractivity contribution is 5.87. The Labute approximate surface area is 100 Å². The lowest BCUT2D eigenvalue weighted by molar-refractivity contribution is -0.147. The highest BCUT2D eigenvalue weighted by Crippen LogP contribution is 2.52. The molecule has 17 heavy (non-hydrogen) atoms. The monoisotopic (exact) mass is 239 g/mol. The summed E-state index contributed by atoms with van der Waals surface area (Å²) in [5.41, 5.74) is 2.61. The van der Waals surface area contributed by atoms with E-state index in [1.165, 1.54) is 6.92 Å². The second-order valence-electron chi connectivity index (χ2n) is 4.85. The van der Waals surface area contributed by atoms with Crippen molar-refractivity contribution in [2.24, 2.45) is 29.4 Å². The van der Waals surface area contributed by atoms with Gasteiger partial charge in [-0.25, -0.2) is 0 Å². The molecule has 5 nitrogen and oxygen atoms in total. The lowest BCUT2D eigenvalue weighted by Crippen LogP contribution is -2.34. The second-order valence-corrected chi connectivity index (χ2v) is 4.85. The van der Waals surface area contributed by atoms with Crippen LogP contribution in [0.5, 0.6) is 0 Å². The number of carbonyl (C=O) groups is 3. The summed E-state index contributed by atoms with van der Waals surface area (Å²) in [5, 5.41) is 9.18. The number of carbonyl (C=O) groups excluding carboxylic acids is 2. The van der Waals surface area contributed by atoms with Crippen molar-refractivity contribution in [2.45, 2.75) is 19.8 Å². The number of fused-ring (bicyclic) bond motifs is 2. The lowest BCUT2D eigenvalue weighted by Gasteiger charge is -2.26. The Morgan fingerprint density at radius 2 is 2.24 bits per heavy atom. The van der Waals surface area contributed by atoms with Crippen LogP contribution in [0, 0.1) is 23.7 Å². The van der Waals surface area contributed by atoms with Gasteiger partial charge in [0.2, 0.25) is 5.91 Å². The first-order chi connectivity index (χ1) is 8.45. The average molecular weight is 239 g/mol. The van der Waals surface area contributed by atoms with Crippen molar-refractivity contribution >= 4 is 17.7 Å². The van der Waals surface area contributed by atoms with Crippen molar-refractivity contribution in [3.8, 4) is 0 Å². The van der Waals surface area contributed by atoms with Crippen molar-refractivity contribution in [1.29, 1.82) is 0 Å². The van der Waals surface area contributed by atoms with Crippen LogP contribution in [0.3, 0.4) is 0 Å². The molecule has 1 amide bonds. The molecule has 5 heteroatoms. The van der Waals surface area contributed by atoms with E-state index in [0.29, 0.717) is 6.42 Å². The van der Waals surface area contributed by atoms with Crippen LogP contribution in [0.2, 0.25) is 1.41 Å². The normalized spacial score (nSPS) is 35.1. The number of ketones is 1. The maximum atomic E-state index is 11.6. The Bertz CT molecular complexity index is 445. The maximum Gasteiger partial charge on any atom is 0.307 e. The number of rotatable bonds is 4. The van der Waals surface area contributed by atoms with E-state index in [0.717, 1.165) is 5.57 Å². The van der Waals surface area contributed by atoms with Gasteiger partial charge < -0.3 is 10.8 Å². The smallest absolute Gasteiger partial charge is 0.307 e. The van der Waals surface area contributed by atoms with Gasteiger partial charge in [0, 0.05) is 12.3 Å². The Morgan fingerprint density at radius 3 is 2.76 bits per heavy atom. The standard InChI is InChI=1S/C12H15NO4/c1-5(14)10-8-3-7(11(10)12(16)17)2-6(8)4-9(13)15/h2,7-8,10-11H,3-4H2,1H3,(H2,13,15)(H,16,17)/i/hT. The minimum Gasteiger partial charge on any atom is -0.481 e. The van der Waals surface area contributed by atoms with E-state index < -0.39 is 23.7 Å². The van der Waals surface area contributed by atoms with Crippen LogP contribution in [0.25, 0.3) is 0 Å². The van der Waals surface area contributed by atoms with Crippen molar-refractivity contribution < 1.29 is 20.9 Å². The van der Waals surface area contributed by atoms with Gasteiger partial charge in [-0.2, -0.15) is 0 Å². The molecule has 2 aliphatic carbocycles. The average Bonchev–Trinajstić information content (AvgIpc) is 2.85. The van der Waals surface area contributed by atoms with Gasteiger partial charge in [-0.05, 0) is 25.2 Å². The summed E-state index contributed by atoms with van der Waals surface area (Å²) >= 11 is 0. The van der Waals surface area contributed by atoms with E-state index in [-0.39, 0.29) is 24.0 Å². The molecule has 3 N–H and O–H groups in total. The molecule has 1 saturated carbocycles. The summed E-state index contributed by atoms with van der Waals surface area (Å²) in [7, 11) is 0. The van der Waals surface area contributed by atoms with E-state index in [2.05, 4.69) is 0 Å². The summed E-state index contributed by atoms with van der Waals surface area (Å²) in [5.74, 6) is -2.99. The molecule has 0 aromatic carbocycles. The van der Waals surface area contributed by atoms with Gasteiger partial charge >= 0.3 is 5.97 Å². The van der Waals surface area contributed by atoms with Crippen LogP contribution in [0.1, 0.15) is 19.8 Å². The summed E-state index contributed by atoms with van der Waals surface area (Å²) in [6.45, 7) is 1.41. The summed E-state index contributed by atoms with van der Waals surface area (Å²) in [4.78, 5) is 34.0. The zero-order valence-electron chi connectivity index (χ0n) is 10.5. The number of hydrogen-bond acceptors (Lipinski definition) is 3. The van der Waals surface area contributed by atoms with Crippen LogP contribution in [0.4, 0.5) is 0 Å². The number of hydrogen-bond donors (Lipinski definition) is 2. The summed E-state index contributed by atoms with van der Waals surface area (Å²) in [6, 6.07) is 0. The van der Waals surface area contributed by atoms with Gasteiger partial charge in [0.25, 0.3) is 0 Å². The van der Waals surface area contributed by atoms with Gasteiger partial charge in [-0.3, -0.25) is 14.4 Å². The number of nitrogens with two attached hydrogens (primary N) is 1. The fraction of sp³-hybridized carbons (Fsp3) is 0.583. The quantitative estimate of drug-likeness (QED) is 0.691. The minimum atomic E-state index is -0.942. The number of primary amides is 1. The molecule has 0 aliphatic heterocycles. The SMILES string of the molecule is [3H]NC(=O)CC1=CC2CC1C(C(C)=O)C2C(=O)O. The van der Waals surface area contributed by atoms with Crippen LogP contribution in [0.15, 0.2) is 11.6 Å². The fourth-order valence-corrected chi connectivity index (χ4v) is 3.30. The molecule has 0 saturated heterocycles. The third-order valence-corrected chi connectivity index (χ3v) is 3.83. The molecule has 4 unspecified atom stereocenters. The number of carboxylic acids is 1. The molecule has 0 aromatic heterocycles. The van der Waals surface area contributed by atoms with Gasteiger partial charge in [-0.15, -0.1) is 0 Å². The van der Waals surface area contributed by atoms with Gasteiger partial charge in [0.15, 0.2) is 1.41 Å². The van der Waals surface area contributed by atoms with Crippen LogP contribution in [-0.4, -0.2) is 22.8 Å². The van der Waals surface area contributed by atoms with Gasteiger partial charge in [-0.1, -0.05) is 11.6 Å². The minimum absolute atomic E-state index is 0.0841. The zero-order valence-corrected chi connectivity index (χ0v) is 9.47. The second kappa shape index (κ2) is 3.98. The Kier molecular flexibility index (Phi) is 2.46. The largest absolute Gasteiger partial charge is 0.481 e. The number of carboxylic acid groups (broad SMARTS) is 1.